The fourth-order valence-electron chi connectivity index (χ4n) is 2.47. The molecule has 3 heterocycles. The van der Waals surface area contributed by atoms with E-state index >= 15 is 0 Å². The summed E-state index contributed by atoms with van der Waals surface area (Å²) < 4.78 is 15.1. The normalized spacial score (nSPS) is 16.7. The lowest BCUT2D eigenvalue weighted by Gasteiger charge is -2.17. The highest BCUT2D eigenvalue weighted by atomic mass is 32.1. The molecule has 5 nitrogen and oxygen atoms in total. The third-order valence-electron chi connectivity index (χ3n) is 3.56. The third-order valence-corrected chi connectivity index (χ3v) is 4.46. The topological polar surface area (TPSA) is 56.0 Å². The van der Waals surface area contributed by atoms with E-state index in [-0.39, 0.29) is 11.9 Å². The predicted molar refractivity (Wildman–Crippen MR) is 83.7 cm³/mol. The molecule has 0 N–H and O–H groups in total. The Balaban J connectivity index is 1.75. The van der Waals surface area contributed by atoms with Crippen LogP contribution in [0.4, 0.5) is 4.39 Å². The molecule has 0 radical (unpaired) electrons. The van der Waals surface area contributed by atoms with Crippen molar-refractivity contribution in [2.75, 3.05) is 6.54 Å². The summed E-state index contributed by atoms with van der Waals surface area (Å²) in [7, 11) is 0. The summed E-state index contributed by atoms with van der Waals surface area (Å²) in [6.07, 6.45) is 1.74. The molecule has 110 valence electrons. The van der Waals surface area contributed by atoms with Gasteiger partial charge in [-0.15, -0.1) is 21.5 Å². The summed E-state index contributed by atoms with van der Waals surface area (Å²) in [5.74, 6) is 1.25. The van der Waals surface area contributed by atoms with Crippen LogP contribution in [0.15, 0.2) is 34.6 Å². The molecule has 0 fully saturated rings. The monoisotopic (exact) mass is 313 g/mol. The molecular formula is C15H12FN5S. The Morgan fingerprint density at radius 2 is 2.05 bits per heavy atom. The Kier molecular flexibility index (Phi) is 3.07. The van der Waals surface area contributed by atoms with E-state index in [1.807, 2.05) is 5.38 Å². The zero-order chi connectivity index (χ0) is 15.1. The van der Waals surface area contributed by atoms with Gasteiger partial charge in [0.1, 0.15) is 16.5 Å². The number of benzene rings is 1. The van der Waals surface area contributed by atoms with E-state index in [1.54, 1.807) is 18.3 Å². The second kappa shape index (κ2) is 5.10. The number of nitrogens with zero attached hydrogens (tertiary/aromatic N) is 5. The molecule has 0 saturated heterocycles. The second-order valence-corrected chi connectivity index (χ2v) is 6.00. The van der Waals surface area contributed by atoms with Gasteiger partial charge in [-0.2, -0.15) is 0 Å². The maximum Gasteiger partial charge on any atom is 0.184 e. The lowest BCUT2D eigenvalue weighted by Crippen LogP contribution is -2.17. The van der Waals surface area contributed by atoms with Gasteiger partial charge in [-0.3, -0.25) is 4.99 Å². The maximum atomic E-state index is 13.0. The van der Waals surface area contributed by atoms with Crippen molar-refractivity contribution in [1.29, 1.82) is 0 Å². The summed E-state index contributed by atoms with van der Waals surface area (Å²) in [6, 6.07) is 6.54. The van der Waals surface area contributed by atoms with E-state index in [1.165, 1.54) is 23.5 Å². The molecule has 3 aromatic rings. The standard InChI is InChI=1S/C15H12FN5S/c1-9-6-17-7-13-19-20-14(21(9)13)12-8-22-15(18-12)10-2-4-11(16)5-3-10/h2-5,7-9H,6H2,1H3. The lowest BCUT2D eigenvalue weighted by atomic mass is 10.2. The first-order valence-electron chi connectivity index (χ1n) is 6.89. The van der Waals surface area contributed by atoms with E-state index in [2.05, 4.69) is 31.7 Å². The SMILES string of the molecule is CC1CN=Cc2nnc(-c3csc(-c4ccc(F)cc4)n3)n21. The fourth-order valence-corrected chi connectivity index (χ4v) is 3.28. The Morgan fingerprint density at radius 1 is 1.23 bits per heavy atom. The zero-order valence-electron chi connectivity index (χ0n) is 11.8. The summed E-state index contributed by atoms with van der Waals surface area (Å²) in [5, 5.41) is 11.2. The molecular weight excluding hydrogens is 301 g/mol. The summed E-state index contributed by atoms with van der Waals surface area (Å²) in [5.41, 5.74) is 1.68. The van der Waals surface area contributed by atoms with Gasteiger partial charge in [-0.25, -0.2) is 9.37 Å². The first kappa shape index (κ1) is 13.3. The highest BCUT2D eigenvalue weighted by Gasteiger charge is 2.21. The molecule has 0 aliphatic carbocycles. The molecule has 7 heteroatoms. The minimum atomic E-state index is -0.250. The average Bonchev–Trinajstić information content (AvgIpc) is 3.15. The van der Waals surface area contributed by atoms with Crippen LogP contribution >= 0.6 is 11.3 Å². The molecule has 1 unspecified atom stereocenters. The molecule has 1 aromatic carbocycles. The maximum absolute atomic E-state index is 13.0. The minimum Gasteiger partial charge on any atom is -0.300 e. The summed E-state index contributed by atoms with van der Waals surface area (Å²) in [4.78, 5) is 8.89. The summed E-state index contributed by atoms with van der Waals surface area (Å²) in [6.45, 7) is 2.80. The van der Waals surface area contributed by atoms with Crippen LogP contribution in [-0.4, -0.2) is 32.5 Å². The first-order valence-corrected chi connectivity index (χ1v) is 7.77. The van der Waals surface area contributed by atoms with Crippen LogP contribution in [0.2, 0.25) is 0 Å². The van der Waals surface area contributed by atoms with Gasteiger partial charge in [-0.05, 0) is 31.2 Å². The fraction of sp³-hybridized carbons (Fsp3) is 0.200. The Labute approximate surface area is 130 Å². The Hall–Kier alpha value is -2.41. The number of fused-ring (bicyclic) bond motifs is 1. The van der Waals surface area contributed by atoms with E-state index in [4.69, 9.17) is 0 Å². The number of hydrogen-bond donors (Lipinski definition) is 0. The zero-order valence-corrected chi connectivity index (χ0v) is 12.6. The number of thiazole rings is 1. The number of halogens is 1. The van der Waals surface area contributed by atoms with Crippen LogP contribution < -0.4 is 0 Å². The smallest absolute Gasteiger partial charge is 0.184 e. The molecule has 0 bridgehead atoms. The van der Waals surface area contributed by atoms with Crippen molar-refractivity contribution in [3.05, 3.63) is 41.3 Å². The van der Waals surface area contributed by atoms with Crippen molar-refractivity contribution in [3.63, 3.8) is 0 Å². The largest absolute Gasteiger partial charge is 0.300 e. The molecule has 1 aliphatic rings. The van der Waals surface area contributed by atoms with Gasteiger partial charge in [0.15, 0.2) is 11.6 Å². The number of rotatable bonds is 2. The highest BCUT2D eigenvalue weighted by molar-refractivity contribution is 7.13. The third kappa shape index (κ3) is 2.14. The van der Waals surface area contributed by atoms with Crippen molar-refractivity contribution in [1.82, 2.24) is 19.7 Å². The number of aromatic nitrogens is 4. The van der Waals surface area contributed by atoms with Crippen LogP contribution in [0.25, 0.3) is 22.1 Å². The van der Waals surface area contributed by atoms with E-state index in [0.29, 0.717) is 6.54 Å². The van der Waals surface area contributed by atoms with Gasteiger partial charge in [0.25, 0.3) is 0 Å². The van der Waals surface area contributed by atoms with Gasteiger partial charge in [0.2, 0.25) is 0 Å². The molecule has 0 saturated carbocycles. The summed E-state index contributed by atoms with van der Waals surface area (Å²) >= 11 is 1.51. The predicted octanol–water partition coefficient (Wildman–Crippen LogP) is 3.20. The van der Waals surface area contributed by atoms with Crippen LogP contribution in [0.1, 0.15) is 18.8 Å². The van der Waals surface area contributed by atoms with Crippen LogP contribution in [0, 0.1) is 5.82 Å². The second-order valence-electron chi connectivity index (χ2n) is 5.14. The molecule has 2 aromatic heterocycles. The van der Waals surface area contributed by atoms with Crippen molar-refractivity contribution in [2.45, 2.75) is 13.0 Å². The van der Waals surface area contributed by atoms with Gasteiger partial charge < -0.3 is 4.57 Å². The van der Waals surface area contributed by atoms with E-state index < -0.39 is 0 Å². The molecule has 1 aliphatic heterocycles. The van der Waals surface area contributed by atoms with Crippen LogP contribution in [-0.2, 0) is 0 Å². The average molecular weight is 313 g/mol. The molecule has 0 amide bonds. The van der Waals surface area contributed by atoms with Gasteiger partial charge >= 0.3 is 0 Å². The Morgan fingerprint density at radius 3 is 2.86 bits per heavy atom. The van der Waals surface area contributed by atoms with Crippen molar-refractivity contribution in [3.8, 4) is 22.1 Å². The Bertz CT molecular complexity index is 849. The van der Waals surface area contributed by atoms with Crippen molar-refractivity contribution in [2.24, 2.45) is 4.99 Å². The number of aliphatic imine (C=N–C) groups is 1. The van der Waals surface area contributed by atoms with E-state index in [9.17, 15) is 4.39 Å². The van der Waals surface area contributed by atoms with Crippen LogP contribution in [0.5, 0.6) is 0 Å². The van der Waals surface area contributed by atoms with Gasteiger partial charge in [0, 0.05) is 10.9 Å². The molecule has 4 rings (SSSR count). The highest BCUT2D eigenvalue weighted by Crippen LogP contribution is 2.30. The van der Waals surface area contributed by atoms with E-state index in [0.717, 1.165) is 27.9 Å². The first-order chi connectivity index (χ1) is 10.7. The lowest BCUT2D eigenvalue weighted by molar-refractivity contribution is 0.548. The van der Waals surface area contributed by atoms with Gasteiger partial charge in [0.05, 0.1) is 18.8 Å². The van der Waals surface area contributed by atoms with Crippen molar-refractivity contribution >= 4 is 17.6 Å². The molecule has 1 atom stereocenters. The van der Waals surface area contributed by atoms with Crippen molar-refractivity contribution < 1.29 is 4.39 Å². The molecule has 22 heavy (non-hydrogen) atoms. The quantitative estimate of drug-likeness (QED) is 0.730. The minimum absolute atomic E-state index is 0.209. The van der Waals surface area contributed by atoms with Crippen LogP contribution in [0.3, 0.4) is 0 Å². The number of hydrogen-bond acceptors (Lipinski definition) is 5. The van der Waals surface area contributed by atoms with Gasteiger partial charge in [-0.1, -0.05) is 0 Å². The molecule has 0 spiro atoms.